The van der Waals surface area contributed by atoms with Crippen LogP contribution in [0.3, 0.4) is 0 Å². The lowest BCUT2D eigenvalue weighted by Crippen LogP contribution is -2.31. The highest BCUT2D eigenvalue weighted by atomic mass is 16.5. The van der Waals surface area contributed by atoms with Crippen molar-refractivity contribution in [2.45, 2.75) is 48.0 Å². The summed E-state index contributed by atoms with van der Waals surface area (Å²) in [4.78, 5) is 9.98. The molecule has 0 radical (unpaired) electrons. The number of carbonyl (C=O) groups excluding carboxylic acids is 1. The molecule has 5 heteroatoms. The van der Waals surface area contributed by atoms with Gasteiger partial charge in [0, 0.05) is 36.6 Å². The Kier molecular flexibility index (Phi) is 12.1. The van der Waals surface area contributed by atoms with Gasteiger partial charge in [0.2, 0.25) is 0 Å². The van der Waals surface area contributed by atoms with Gasteiger partial charge in [0.15, 0.2) is 0 Å². The summed E-state index contributed by atoms with van der Waals surface area (Å²) in [7, 11) is 1.92. The molecule has 3 rings (SSSR count). The maximum absolute atomic E-state index is 9.98. The predicted molar refractivity (Wildman–Crippen MR) is 143 cm³/mol. The van der Waals surface area contributed by atoms with Gasteiger partial charge in [-0.05, 0) is 42.2 Å². The van der Waals surface area contributed by atoms with Crippen molar-refractivity contribution in [3.8, 4) is 11.1 Å². The SMILES string of the molecule is C=C/C(c1ccc(-c2cnn(C)c2)cc1)=c1/cc(C)cc/c1=C(/C)N.CC.CCCOC(C)=O. The lowest BCUT2D eigenvalue weighted by molar-refractivity contribution is -0.140. The summed E-state index contributed by atoms with van der Waals surface area (Å²) in [6.07, 6.45) is 6.69. The molecule has 0 bridgehead atoms. The molecule has 0 atom stereocenters. The zero-order valence-corrected chi connectivity index (χ0v) is 21.7. The smallest absolute Gasteiger partial charge is 0.302 e. The number of nitrogens with two attached hydrogens (primary N) is 1. The molecule has 2 N–H and O–H groups in total. The first-order valence-electron chi connectivity index (χ1n) is 11.7. The second-order valence-electron chi connectivity index (χ2n) is 7.67. The van der Waals surface area contributed by atoms with E-state index in [4.69, 9.17) is 5.73 Å². The Morgan fingerprint density at radius 3 is 2.18 bits per heavy atom. The Morgan fingerprint density at radius 2 is 1.74 bits per heavy atom. The molecule has 3 aromatic rings. The summed E-state index contributed by atoms with van der Waals surface area (Å²) in [5, 5.41) is 6.40. The average Bonchev–Trinajstić information content (AvgIpc) is 3.26. The fraction of sp³-hybridized carbons (Fsp3) is 0.310. The normalized spacial score (nSPS) is 11.7. The second-order valence-corrected chi connectivity index (χ2v) is 7.67. The topological polar surface area (TPSA) is 70.1 Å². The number of allylic oxidation sites excluding steroid dienone is 1. The van der Waals surface area contributed by atoms with Gasteiger partial charge in [-0.1, -0.05) is 81.5 Å². The molecule has 0 unspecified atom stereocenters. The molecular weight excluding hydrogens is 422 g/mol. The van der Waals surface area contributed by atoms with Gasteiger partial charge < -0.3 is 10.5 Å². The van der Waals surface area contributed by atoms with E-state index in [9.17, 15) is 4.79 Å². The van der Waals surface area contributed by atoms with Gasteiger partial charge in [-0.3, -0.25) is 9.48 Å². The molecule has 34 heavy (non-hydrogen) atoms. The van der Waals surface area contributed by atoms with Crippen LogP contribution in [0.25, 0.3) is 22.4 Å². The van der Waals surface area contributed by atoms with Crippen LogP contribution >= 0.6 is 0 Å². The molecule has 0 spiro atoms. The van der Waals surface area contributed by atoms with Crippen LogP contribution in [0.15, 0.2) is 67.5 Å². The number of carbonyl (C=O) groups is 1. The highest BCUT2D eigenvalue weighted by Crippen LogP contribution is 2.21. The zero-order valence-electron chi connectivity index (χ0n) is 21.7. The van der Waals surface area contributed by atoms with Crippen LogP contribution in [0, 0.1) is 6.92 Å². The largest absolute Gasteiger partial charge is 0.466 e. The maximum atomic E-state index is 9.98. The van der Waals surface area contributed by atoms with Crippen LogP contribution in [0.4, 0.5) is 0 Å². The molecule has 5 nitrogen and oxygen atoms in total. The Balaban J connectivity index is 0.000000553. The van der Waals surface area contributed by atoms with Crippen molar-refractivity contribution in [1.82, 2.24) is 9.78 Å². The van der Waals surface area contributed by atoms with Gasteiger partial charge >= 0.3 is 5.97 Å². The van der Waals surface area contributed by atoms with E-state index in [0.29, 0.717) is 6.61 Å². The van der Waals surface area contributed by atoms with Crippen molar-refractivity contribution in [1.29, 1.82) is 0 Å². The van der Waals surface area contributed by atoms with Gasteiger partial charge in [0.1, 0.15) is 0 Å². The number of ether oxygens (including phenoxy) is 1. The fourth-order valence-electron chi connectivity index (χ4n) is 3.27. The molecule has 182 valence electrons. The molecule has 0 amide bonds. The third kappa shape index (κ3) is 8.39. The van der Waals surface area contributed by atoms with Gasteiger partial charge in [0.05, 0.1) is 12.8 Å². The summed E-state index contributed by atoms with van der Waals surface area (Å²) in [5.41, 5.74) is 12.6. The minimum Gasteiger partial charge on any atom is -0.466 e. The Hall–Kier alpha value is -3.60. The van der Waals surface area contributed by atoms with Gasteiger partial charge in [0.25, 0.3) is 0 Å². The van der Waals surface area contributed by atoms with Crippen LogP contribution in [-0.4, -0.2) is 22.4 Å². The first-order valence-corrected chi connectivity index (χ1v) is 11.7. The lowest BCUT2D eigenvalue weighted by atomic mass is 9.98. The summed E-state index contributed by atoms with van der Waals surface area (Å²) in [6.45, 7) is 16.0. The third-order valence-electron chi connectivity index (χ3n) is 4.84. The Labute approximate surface area is 204 Å². The molecule has 0 aliphatic heterocycles. The standard InChI is InChI=1S/C22H23N3.C5H10O2.C2H6/c1-5-20(22-12-15(2)6-11-21(22)16(3)23)18-9-7-17(8-10-18)19-13-24-25(4)14-19;1-3-4-7-5(2)6;1-2/h5-14H,1,23H2,2-4H3;3-4H2,1-2H3;1-2H3/b21-16+,22-20+;;. The van der Waals surface area contributed by atoms with Crippen molar-refractivity contribution < 1.29 is 9.53 Å². The van der Waals surface area contributed by atoms with Crippen molar-refractivity contribution in [2.24, 2.45) is 12.8 Å². The Morgan fingerprint density at radius 1 is 1.09 bits per heavy atom. The van der Waals surface area contributed by atoms with E-state index in [1.165, 1.54) is 12.5 Å². The quantitative estimate of drug-likeness (QED) is 0.551. The minimum atomic E-state index is -0.193. The van der Waals surface area contributed by atoms with Crippen molar-refractivity contribution in [3.63, 3.8) is 0 Å². The van der Waals surface area contributed by atoms with Crippen LogP contribution < -0.4 is 16.2 Å². The van der Waals surface area contributed by atoms with E-state index in [0.717, 1.165) is 44.8 Å². The highest BCUT2D eigenvalue weighted by Gasteiger charge is 2.04. The van der Waals surface area contributed by atoms with E-state index in [-0.39, 0.29) is 5.97 Å². The number of aromatic nitrogens is 2. The number of esters is 1. The molecule has 0 aliphatic rings. The molecule has 0 saturated carbocycles. The number of nitrogens with zero attached hydrogens (tertiary/aromatic N) is 2. The van der Waals surface area contributed by atoms with E-state index < -0.39 is 0 Å². The lowest BCUT2D eigenvalue weighted by Gasteiger charge is -2.07. The number of benzene rings is 2. The first kappa shape index (κ1) is 28.4. The van der Waals surface area contributed by atoms with Gasteiger partial charge in [-0.25, -0.2) is 0 Å². The Bertz CT molecular complexity index is 1180. The summed E-state index contributed by atoms with van der Waals surface area (Å²) >= 11 is 0. The highest BCUT2D eigenvalue weighted by molar-refractivity contribution is 5.75. The molecule has 0 aliphatic carbocycles. The van der Waals surface area contributed by atoms with E-state index in [1.54, 1.807) is 0 Å². The average molecular weight is 462 g/mol. The van der Waals surface area contributed by atoms with Gasteiger partial charge in [-0.2, -0.15) is 5.10 Å². The zero-order chi connectivity index (χ0) is 25.7. The maximum Gasteiger partial charge on any atom is 0.302 e. The number of rotatable bonds is 5. The fourth-order valence-corrected chi connectivity index (χ4v) is 3.27. The number of aryl methyl sites for hydroxylation is 2. The third-order valence-corrected chi connectivity index (χ3v) is 4.84. The summed E-state index contributed by atoms with van der Waals surface area (Å²) in [5.74, 6) is -0.193. The van der Waals surface area contributed by atoms with Crippen molar-refractivity contribution in [3.05, 3.63) is 89.1 Å². The molecule has 1 heterocycles. The number of hydrogen-bond donors (Lipinski definition) is 1. The van der Waals surface area contributed by atoms with Crippen molar-refractivity contribution in [2.75, 3.05) is 6.61 Å². The predicted octanol–water partition coefficient (Wildman–Crippen LogP) is 4.85. The summed E-state index contributed by atoms with van der Waals surface area (Å²) < 4.78 is 6.36. The monoisotopic (exact) mass is 461 g/mol. The van der Waals surface area contributed by atoms with Crippen molar-refractivity contribution >= 4 is 17.2 Å². The van der Waals surface area contributed by atoms with Crippen LogP contribution in [0.2, 0.25) is 0 Å². The molecular formula is C29H39N3O2. The van der Waals surface area contributed by atoms with E-state index >= 15 is 0 Å². The summed E-state index contributed by atoms with van der Waals surface area (Å²) in [6, 6.07) is 14.8. The van der Waals surface area contributed by atoms with Crippen LogP contribution in [-0.2, 0) is 16.6 Å². The van der Waals surface area contributed by atoms with E-state index in [2.05, 4.69) is 65.8 Å². The molecule has 0 saturated heterocycles. The second kappa shape index (κ2) is 14.5. The van der Waals surface area contributed by atoms with Crippen LogP contribution in [0.5, 0.6) is 0 Å². The van der Waals surface area contributed by atoms with Gasteiger partial charge in [-0.15, -0.1) is 0 Å². The minimum absolute atomic E-state index is 0.193. The molecule has 2 aromatic carbocycles. The number of hydrogen-bond acceptors (Lipinski definition) is 4. The molecule has 0 fully saturated rings. The van der Waals surface area contributed by atoms with E-state index in [1.807, 2.05) is 57.9 Å². The first-order chi connectivity index (χ1) is 16.3. The van der Waals surface area contributed by atoms with Crippen LogP contribution in [0.1, 0.15) is 52.2 Å². The molecule has 1 aromatic heterocycles.